The minimum atomic E-state index is -3.09. The summed E-state index contributed by atoms with van der Waals surface area (Å²) in [5, 5.41) is 3.10. The molecule has 2 aliphatic heterocycles. The molecule has 2 atom stereocenters. The Morgan fingerprint density at radius 1 is 1.30 bits per heavy atom. The largest absolute Gasteiger partial charge is 0.347 e. The van der Waals surface area contributed by atoms with Gasteiger partial charge in [0.2, 0.25) is 11.8 Å². The Morgan fingerprint density at radius 3 is 2.55 bits per heavy atom. The van der Waals surface area contributed by atoms with E-state index >= 15 is 0 Å². The first-order chi connectivity index (χ1) is 9.32. The fourth-order valence-electron chi connectivity index (χ4n) is 2.71. The average Bonchev–Trinajstić information content (AvgIpc) is 2.77. The molecule has 0 spiro atoms. The number of likely N-dealkylation sites (N-methyl/N-ethyl adjacent to an activating group) is 1. The Balaban J connectivity index is 2.12. The fourth-order valence-corrected chi connectivity index (χ4v) is 4.44. The number of sulfone groups is 1. The Morgan fingerprint density at radius 2 is 2.00 bits per heavy atom. The van der Waals surface area contributed by atoms with Crippen molar-refractivity contribution in [3.05, 3.63) is 0 Å². The minimum Gasteiger partial charge on any atom is -0.347 e. The van der Waals surface area contributed by atoms with Gasteiger partial charge in [-0.3, -0.25) is 9.59 Å². The molecule has 0 saturated carbocycles. The first-order valence-electron chi connectivity index (χ1n) is 6.74. The van der Waals surface area contributed by atoms with Crippen molar-refractivity contribution in [2.75, 3.05) is 45.2 Å². The Hall–Kier alpha value is -1.15. The molecule has 2 heterocycles. The third-order valence-electron chi connectivity index (χ3n) is 3.83. The van der Waals surface area contributed by atoms with Crippen LogP contribution in [0.3, 0.4) is 0 Å². The van der Waals surface area contributed by atoms with E-state index in [1.165, 1.54) is 4.90 Å². The predicted molar refractivity (Wildman–Crippen MR) is 73.8 cm³/mol. The maximum absolute atomic E-state index is 12.5. The average molecular weight is 303 g/mol. The lowest BCUT2D eigenvalue weighted by Gasteiger charge is -2.37. The summed E-state index contributed by atoms with van der Waals surface area (Å²) in [6, 6.07) is -0.533. The van der Waals surface area contributed by atoms with Crippen LogP contribution in [0, 0.1) is 5.92 Å². The zero-order valence-electron chi connectivity index (χ0n) is 11.8. The van der Waals surface area contributed by atoms with Crippen molar-refractivity contribution in [1.29, 1.82) is 0 Å². The molecule has 0 aromatic rings. The lowest BCUT2D eigenvalue weighted by molar-refractivity contribution is -0.147. The van der Waals surface area contributed by atoms with Gasteiger partial charge in [-0.1, -0.05) is 0 Å². The number of amides is 2. The van der Waals surface area contributed by atoms with Crippen molar-refractivity contribution in [2.45, 2.75) is 12.5 Å². The lowest BCUT2D eigenvalue weighted by atomic mass is 10.0. The van der Waals surface area contributed by atoms with Gasteiger partial charge in [0.1, 0.15) is 6.04 Å². The van der Waals surface area contributed by atoms with Gasteiger partial charge < -0.3 is 15.1 Å². The van der Waals surface area contributed by atoms with Gasteiger partial charge in [0.05, 0.1) is 17.4 Å². The molecule has 114 valence electrons. The van der Waals surface area contributed by atoms with Crippen molar-refractivity contribution in [3.8, 4) is 0 Å². The number of hydrogen-bond acceptors (Lipinski definition) is 5. The molecular formula is C12H21N3O4S. The Bertz CT molecular complexity index is 503. The zero-order valence-corrected chi connectivity index (χ0v) is 12.6. The fraction of sp³-hybridized carbons (Fsp3) is 0.833. The van der Waals surface area contributed by atoms with Gasteiger partial charge in [-0.25, -0.2) is 8.42 Å². The predicted octanol–water partition coefficient (Wildman–Crippen LogP) is -1.69. The van der Waals surface area contributed by atoms with Gasteiger partial charge in [-0.15, -0.1) is 0 Å². The lowest BCUT2D eigenvalue weighted by Crippen LogP contribution is -2.60. The van der Waals surface area contributed by atoms with Gasteiger partial charge >= 0.3 is 0 Å². The van der Waals surface area contributed by atoms with Crippen molar-refractivity contribution in [3.63, 3.8) is 0 Å². The van der Waals surface area contributed by atoms with Crippen LogP contribution in [0.5, 0.6) is 0 Å². The summed E-state index contributed by atoms with van der Waals surface area (Å²) in [7, 11) is 0.213. The van der Waals surface area contributed by atoms with Crippen molar-refractivity contribution < 1.29 is 18.0 Å². The summed E-state index contributed by atoms with van der Waals surface area (Å²) in [5.74, 6) is -0.838. The van der Waals surface area contributed by atoms with E-state index in [-0.39, 0.29) is 23.3 Å². The van der Waals surface area contributed by atoms with Crippen LogP contribution >= 0.6 is 0 Å². The first-order valence-corrected chi connectivity index (χ1v) is 8.57. The molecule has 2 rings (SSSR count). The molecule has 8 heteroatoms. The van der Waals surface area contributed by atoms with Crippen molar-refractivity contribution >= 4 is 21.7 Å². The van der Waals surface area contributed by atoms with E-state index in [1.54, 1.807) is 19.0 Å². The van der Waals surface area contributed by atoms with Crippen LogP contribution in [0.2, 0.25) is 0 Å². The molecule has 2 amide bonds. The number of carbonyl (C=O) groups is 2. The van der Waals surface area contributed by atoms with E-state index in [1.807, 2.05) is 0 Å². The second-order valence-electron chi connectivity index (χ2n) is 5.58. The molecule has 20 heavy (non-hydrogen) atoms. The number of hydrogen-bond donors (Lipinski definition) is 1. The summed E-state index contributed by atoms with van der Waals surface area (Å²) in [5.41, 5.74) is 0. The molecule has 0 aliphatic carbocycles. The molecular weight excluding hydrogens is 282 g/mol. The van der Waals surface area contributed by atoms with E-state index in [4.69, 9.17) is 0 Å². The molecule has 7 nitrogen and oxygen atoms in total. The number of piperazine rings is 1. The van der Waals surface area contributed by atoms with Crippen LogP contribution in [-0.2, 0) is 19.4 Å². The van der Waals surface area contributed by atoms with Gasteiger partial charge in [0.25, 0.3) is 0 Å². The highest BCUT2D eigenvalue weighted by Gasteiger charge is 2.40. The summed E-state index contributed by atoms with van der Waals surface area (Å²) in [6.45, 7) is 1.49. The van der Waals surface area contributed by atoms with E-state index in [0.29, 0.717) is 26.1 Å². The molecule has 1 N–H and O–H groups in total. The van der Waals surface area contributed by atoms with Crippen molar-refractivity contribution in [1.82, 2.24) is 15.1 Å². The Kier molecular flexibility index (Phi) is 4.33. The van der Waals surface area contributed by atoms with E-state index in [2.05, 4.69) is 5.32 Å². The Labute approximate surface area is 119 Å². The summed E-state index contributed by atoms with van der Waals surface area (Å²) in [6.07, 6.45) is 0.369. The van der Waals surface area contributed by atoms with Crippen LogP contribution in [0.25, 0.3) is 0 Å². The van der Waals surface area contributed by atoms with Crippen LogP contribution in [0.4, 0.5) is 0 Å². The van der Waals surface area contributed by atoms with Gasteiger partial charge in [0, 0.05) is 33.7 Å². The number of carbonyl (C=O) groups excluding carboxylic acids is 2. The van der Waals surface area contributed by atoms with E-state index in [0.717, 1.165) is 0 Å². The third-order valence-corrected chi connectivity index (χ3v) is 5.60. The van der Waals surface area contributed by atoms with Crippen LogP contribution in [-0.4, -0.2) is 81.3 Å². The highest BCUT2D eigenvalue weighted by Crippen LogP contribution is 2.22. The molecule has 2 unspecified atom stereocenters. The number of rotatable bonds is 2. The number of nitrogens with zero attached hydrogens (tertiary/aromatic N) is 2. The maximum Gasteiger partial charge on any atom is 0.246 e. The minimum absolute atomic E-state index is 0.0712. The summed E-state index contributed by atoms with van der Waals surface area (Å²) in [4.78, 5) is 27.6. The summed E-state index contributed by atoms with van der Waals surface area (Å²) >= 11 is 0. The first kappa shape index (κ1) is 15.2. The van der Waals surface area contributed by atoms with Crippen LogP contribution in [0.1, 0.15) is 6.42 Å². The molecule has 2 saturated heterocycles. The van der Waals surface area contributed by atoms with Crippen molar-refractivity contribution in [2.24, 2.45) is 5.92 Å². The van der Waals surface area contributed by atoms with Gasteiger partial charge in [-0.2, -0.15) is 0 Å². The monoisotopic (exact) mass is 303 g/mol. The maximum atomic E-state index is 12.5. The highest BCUT2D eigenvalue weighted by atomic mass is 32.2. The van der Waals surface area contributed by atoms with Crippen LogP contribution in [0.15, 0.2) is 0 Å². The highest BCUT2D eigenvalue weighted by molar-refractivity contribution is 7.91. The van der Waals surface area contributed by atoms with Gasteiger partial charge in [0.15, 0.2) is 9.84 Å². The summed E-state index contributed by atoms with van der Waals surface area (Å²) < 4.78 is 23.0. The molecule has 0 radical (unpaired) electrons. The van der Waals surface area contributed by atoms with E-state index in [9.17, 15) is 18.0 Å². The quantitative estimate of drug-likeness (QED) is 0.658. The SMILES string of the molecule is CN(C)C(=O)C1CNCCN1C(=O)C1CCS(=O)(=O)C1. The smallest absolute Gasteiger partial charge is 0.246 e. The van der Waals surface area contributed by atoms with Crippen LogP contribution < -0.4 is 5.32 Å². The zero-order chi connectivity index (χ0) is 14.9. The normalized spacial score (nSPS) is 29.2. The second-order valence-corrected chi connectivity index (χ2v) is 7.81. The molecule has 0 aromatic heterocycles. The van der Waals surface area contributed by atoms with E-state index < -0.39 is 21.8 Å². The molecule has 2 aliphatic rings. The number of nitrogens with one attached hydrogen (secondary N) is 1. The molecule has 0 bridgehead atoms. The second kappa shape index (κ2) is 5.69. The molecule has 0 aromatic carbocycles. The topological polar surface area (TPSA) is 86.8 Å². The van der Waals surface area contributed by atoms with Gasteiger partial charge in [-0.05, 0) is 6.42 Å². The molecule has 2 fully saturated rings. The standard InChI is InChI=1S/C12H21N3O4S/c1-14(2)12(17)10-7-13-4-5-15(10)11(16)9-3-6-20(18,19)8-9/h9-10,13H,3-8H2,1-2H3. The third kappa shape index (κ3) is 3.12.